The lowest BCUT2D eigenvalue weighted by Gasteiger charge is -2.21. The number of hydrogen-bond acceptors (Lipinski definition) is 1. The van der Waals surface area contributed by atoms with E-state index in [0.717, 1.165) is 6.54 Å². The van der Waals surface area contributed by atoms with Gasteiger partial charge in [-0.25, -0.2) is 0 Å². The van der Waals surface area contributed by atoms with Crippen molar-refractivity contribution in [1.82, 2.24) is 5.32 Å². The second-order valence-corrected chi connectivity index (χ2v) is 3.15. The fourth-order valence-corrected chi connectivity index (χ4v) is 0.923. The van der Waals surface area contributed by atoms with Gasteiger partial charge in [-0.2, -0.15) is 0 Å². The molecule has 0 aliphatic heterocycles. The molecule has 0 rings (SSSR count). The van der Waals surface area contributed by atoms with Gasteiger partial charge >= 0.3 is 0 Å². The summed E-state index contributed by atoms with van der Waals surface area (Å²) in [4.78, 5) is 0. The van der Waals surface area contributed by atoms with E-state index in [2.05, 4.69) is 45.2 Å². The first-order valence-electron chi connectivity index (χ1n) is 4.01. The van der Waals surface area contributed by atoms with Gasteiger partial charge in [-0.05, 0) is 33.7 Å². The molecule has 0 fully saturated rings. The summed E-state index contributed by atoms with van der Waals surface area (Å²) in [6.45, 7) is 9.69. The van der Waals surface area contributed by atoms with Gasteiger partial charge in [0.15, 0.2) is 0 Å². The lowest BCUT2D eigenvalue weighted by Crippen LogP contribution is -2.37. The van der Waals surface area contributed by atoms with Gasteiger partial charge in [-0.15, -0.1) is 0 Å². The molecule has 0 aromatic carbocycles. The molecule has 0 aromatic heterocycles. The molecule has 0 aliphatic carbocycles. The summed E-state index contributed by atoms with van der Waals surface area (Å²) in [5, 5.41) is 3.42. The number of rotatable bonds is 4. The normalized spacial score (nSPS) is 12.8. The van der Waals surface area contributed by atoms with Crippen molar-refractivity contribution in [1.29, 1.82) is 0 Å². The second-order valence-electron chi connectivity index (χ2n) is 3.15. The molecule has 0 radical (unpaired) electrons. The summed E-state index contributed by atoms with van der Waals surface area (Å²) in [5.41, 5.74) is 0.171. The zero-order valence-electron chi connectivity index (χ0n) is 7.57. The second kappa shape index (κ2) is 4.51. The van der Waals surface area contributed by atoms with Crippen molar-refractivity contribution in [2.24, 2.45) is 0 Å². The zero-order chi connectivity index (χ0) is 8.04. The monoisotopic (exact) mass is 141 g/mol. The Bertz CT molecular complexity index is 103. The predicted octanol–water partition coefficient (Wildman–Crippen LogP) is 2.34. The highest BCUT2D eigenvalue weighted by atomic mass is 14.9. The van der Waals surface area contributed by atoms with E-state index in [1.807, 2.05) is 0 Å². The molecule has 0 aliphatic rings. The van der Waals surface area contributed by atoms with Crippen molar-refractivity contribution in [3.05, 3.63) is 12.2 Å². The molecule has 0 saturated carbocycles. The Balaban J connectivity index is 3.63. The predicted molar refractivity (Wildman–Crippen MR) is 47.2 cm³/mol. The summed E-state index contributed by atoms with van der Waals surface area (Å²) in [6, 6.07) is 0. The molecular formula is C9H19N. The molecule has 0 aromatic rings. The first-order chi connectivity index (χ1) is 4.62. The number of hydrogen-bond donors (Lipinski definition) is 1. The van der Waals surface area contributed by atoms with Crippen LogP contribution in [-0.4, -0.2) is 12.1 Å². The van der Waals surface area contributed by atoms with Crippen LogP contribution in [-0.2, 0) is 0 Å². The standard InChI is InChI=1S/C9H19N/c1-5-7-9(3,4)10-8-6-2/h5,7,10H,6,8H2,1-4H3/b7-5-. The Hall–Kier alpha value is -0.300. The Morgan fingerprint density at radius 2 is 2.00 bits per heavy atom. The van der Waals surface area contributed by atoms with Crippen molar-refractivity contribution in [3.8, 4) is 0 Å². The topological polar surface area (TPSA) is 12.0 Å². The average molecular weight is 141 g/mol. The Labute approximate surface area is 64.5 Å². The SMILES string of the molecule is C/C=C\C(C)(C)NCCC. The molecular weight excluding hydrogens is 122 g/mol. The quantitative estimate of drug-likeness (QED) is 0.592. The van der Waals surface area contributed by atoms with Gasteiger partial charge in [-0.3, -0.25) is 0 Å². The summed E-state index contributed by atoms with van der Waals surface area (Å²) >= 11 is 0. The maximum absolute atomic E-state index is 3.42. The minimum Gasteiger partial charge on any atom is -0.308 e. The highest BCUT2D eigenvalue weighted by Crippen LogP contribution is 2.02. The van der Waals surface area contributed by atoms with E-state index in [-0.39, 0.29) is 5.54 Å². The lowest BCUT2D eigenvalue weighted by molar-refractivity contribution is 0.475. The lowest BCUT2D eigenvalue weighted by atomic mass is 10.1. The summed E-state index contributed by atoms with van der Waals surface area (Å²) in [6.07, 6.45) is 5.46. The third kappa shape index (κ3) is 4.57. The summed E-state index contributed by atoms with van der Waals surface area (Å²) in [7, 11) is 0. The molecule has 1 heteroatoms. The van der Waals surface area contributed by atoms with Crippen molar-refractivity contribution in [2.45, 2.75) is 39.7 Å². The smallest absolute Gasteiger partial charge is 0.0307 e. The molecule has 0 bridgehead atoms. The average Bonchev–Trinajstić information content (AvgIpc) is 1.84. The summed E-state index contributed by atoms with van der Waals surface area (Å²) in [5.74, 6) is 0. The first-order valence-corrected chi connectivity index (χ1v) is 4.01. The molecule has 0 spiro atoms. The number of nitrogens with one attached hydrogen (secondary N) is 1. The van der Waals surface area contributed by atoms with E-state index < -0.39 is 0 Å². The van der Waals surface area contributed by atoms with E-state index in [1.165, 1.54) is 6.42 Å². The first kappa shape index (κ1) is 9.70. The van der Waals surface area contributed by atoms with Crippen LogP contribution in [0.5, 0.6) is 0 Å². The van der Waals surface area contributed by atoms with Gasteiger partial charge in [-0.1, -0.05) is 19.1 Å². The molecule has 0 saturated heterocycles. The molecule has 0 unspecified atom stereocenters. The van der Waals surface area contributed by atoms with Gasteiger partial charge in [0.25, 0.3) is 0 Å². The van der Waals surface area contributed by atoms with E-state index in [1.54, 1.807) is 0 Å². The van der Waals surface area contributed by atoms with Crippen molar-refractivity contribution < 1.29 is 0 Å². The Morgan fingerprint density at radius 3 is 2.40 bits per heavy atom. The van der Waals surface area contributed by atoms with Crippen LogP contribution in [0.15, 0.2) is 12.2 Å². The van der Waals surface area contributed by atoms with Crippen LogP contribution in [0.2, 0.25) is 0 Å². The highest BCUT2D eigenvalue weighted by molar-refractivity contribution is 4.99. The van der Waals surface area contributed by atoms with Crippen LogP contribution in [0.4, 0.5) is 0 Å². The third-order valence-corrected chi connectivity index (χ3v) is 1.41. The van der Waals surface area contributed by atoms with Crippen LogP contribution in [0.25, 0.3) is 0 Å². The molecule has 1 N–H and O–H groups in total. The van der Waals surface area contributed by atoms with E-state index in [0.29, 0.717) is 0 Å². The molecule has 0 heterocycles. The Kier molecular flexibility index (Phi) is 4.37. The van der Waals surface area contributed by atoms with E-state index in [9.17, 15) is 0 Å². The van der Waals surface area contributed by atoms with Gasteiger partial charge in [0.05, 0.1) is 0 Å². The fourth-order valence-electron chi connectivity index (χ4n) is 0.923. The van der Waals surface area contributed by atoms with Crippen molar-refractivity contribution >= 4 is 0 Å². The zero-order valence-corrected chi connectivity index (χ0v) is 7.57. The maximum atomic E-state index is 3.42. The van der Waals surface area contributed by atoms with Crippen LogP contribution in [0, 0.1) is 0 Å². The van der Waals surface area contributed by atoms with E-state index in [4.69, 9.17) is 0 Å². The van der Waals surface area contributed by atoms with Gasteiger partial charge in [0.1, 0.15) is 0 Å². The molecule has 0 amide bonds. The molecule has 10 heavy (non-hydrogen) atoms. The number of allylic oxidation sites excluding steroid dienone is 1. The van der Waals surface area contributed by atoms with Gasteiger partial charge in [0, 0.05) is 5.54 Å². The van der Waals surface area contributed by atoms with Crippen molar-refractivity contribution in [2.75, 3.05) is 6.54 Å². The van der Waals surface area contributed by atoms with E-state index >= 15 is 0 Å². The van der Waals surface area contributed by atoms with Crippen LogP contribution >= 0.6 is 0 Å². The van der Waals surface area contributed by atoms with Gasteiger partial charge in [0.2, 0.25) is 0 Å². The highest BCUT2D eigenvalue weighted by Gasteiger charge is 2.09. The van der Waals surface area contributed by atoms with Crippen molar-refractivity contribution in [3.63, 3.8) is 0 Å². The fraction of sp³-hybridized carbons (Fsp3) is 0.778. The molecule has 60 valence electrons. The minimum absolute atomic E-state index is 0.171. The van der Waals surface area contributed by atoms with Gasteiger partial charge < -0.3 is 5.32 Å². The Morgan fingerprint density at radius 1 is 1.40 bits per heavy atom. The molecule has 0 atom stereocenters. The molecule has 1 nitrogen and oxygen atoms in total. The van der Waals surface area contributed by atoms with Crippen LogP contribution in [0.1, 0.15) is 34.1 Å². The third-order valence-electron chi connectivity index (χ3n) is 1.41. The minimum atomic E-state index is 0.171. The maximum Gasteiger partial charge on any atom is 0.0307 e. The summed E-state index contributed by atoms with van der Waals surface area (Å²) < 4.78 is 0. The van der Waals surface area contributed by atoms with Crippen LogP contribution in [0.3, 0.4) is 0 Å². The largest absolute Gasteiger partial charge is 0.308 e. The van der Waals surface area contributed by atoms with Crippen LogP contribution < -0.4 is 5.32 Å².